The van der Waals surface area contributed by atoms with Crippen LogP contribution in [0, 0.1) is 6.92 Å². The minimum atomic E-state index is -3.63. The number of carbonyl (C=O) groups excluding carboxylic acids is 2. The fourth-order valence-corrected chi connectivity index (χ4v) is 4.54. The summed E-state index contributed by atoms with van der Waals surface area (Å²) in [6.45, 7) is 2.36. The van der Waals surface area contributed by atoms with Crippen molar-refractivity contribution >= 4 is 27.6 Å². The molecular weight excluding hydrogens is 380 g/mol. The van der Waals surface area contributed by atoms with Gasteiger partial charge in [-0.25, -0.2) is 13.2 Å². The Hall–Kier alpha value is -2.71. The number of ether oxygens (including phenoxy) is 1. The maximum Gasteiger partial charge on any atom is 0.338 e. The van der Waals surface area contributed by atoms with Crippen LogP contribution in [-0.4, -0.2) is 44.3 Å². The molecular formula is C20H22N2O5S. The van der Waals surface area contributed by atoms with Crippen LogP contribution in [0.2, 0.25) is 0 Å². The molecule has 148 valence electrons. The molecule has 0 bridgehead atoms. The van der Waals surface area contributed by atoms with Gasteiger partial charge in [0.2, 0.25) is 10.0 Å². The highest BCUT2D eigenvalue weighted by Crippen LogP contribution is 2.22. The lowest BCUT2D eigenvalue weighted by molar-refractivity contribution is -0.119. The summed E-state index contributed by atoms with van der Waals surface area (Å²) < 4.78 is 31.7. The van der Waals surface area contributed by atoms with Crippen LogP contribution in [0.1, 0.15) is 28.8 Å². The van der Waals surface area contributed by atoms with Gasteiger partial charge in [-0.1, -0.05) is 24.3 Å². The Morgan fingerprint density at radius 2 is 1.79 bits per heavy atom. The van der Waals surface area contributed by atoms with Gasteiger partial charge in [-0.05, 0) is 49.6 Å². The Morgan fingerprint density at radius 1 is 1.07 bits per heavy atom. The molecule has 7 nitrogen and oxygen atoms in total. The third-order valence-electron chi connectivity index (χ3n) is 4.53. The number of para-hydroxylation sites is 1. The topological polar surface area (TPSA) is 92.8 Å². The number of esters is 1. The zero-order valence-corrected chi connectivity index (χ0v) is 16.4. The summed E-state index contributed by atoms with van der Waals surface area (Å²) in [6, 6.07) is 13.0. The maximum absolute atomic E-state index is 12.6. The second-order valence-corrected chi connectivity index (χ2v) is 8.52. The molecule has 0 aromatic heterocycles. The number of rotatable bonds is 6. The number of sulfonamides is 1. The van der Waals surface area contributed by atoms with E-state index in [0.717, 1.165) is 18.4 Å². The molecule has 1 N–H and O–H groups in total. The van der Waals surface area contributed by atoms with E-state index in [9.17, 15) is 18.0 Å². The third-order valence-corrected chi connectivity index (χ3v) is 6.42. The molecule has 1 amide bonds. The average Bonchev–Trinajstić information content (AvgIpc) is 3.24. The molecule has 0 aliphatic carbocycles. The molecule has 0 atom stereocenters. The van der Waals surface area contributed by atoms with Crippen molar-refractivity contribution in [2.24, 2.45) is 0 Å². The van der Waals surface area contributed by atoms with Crippen LogP contribution in [0.15, 0.2) is 53.4 Å². The number of aryl methyl sites for hydroxylation is 1. The minimum Gasteiger partial charge on any atom is -0.452 e. The number of anilines is 1. The number of carbonyl (C=O) groups is 2. The van der Waals surface area contributed by atoms with Crippen molar-refractivity contribution in [3.8, 4) is 0 Å². The monoisotopic (exact) mass is 402 g/mol. The molecule has 1 saturated heterocycles. The van der Waals surface area contributed by atoms with Crippen molar-refractivity contribution < 1.29 is 22.7 Å². The molecule has 0 radical (unpaired) electrons. The van der Waals surface area contributed by atoms with Crippen molar-refractivity contribution in [3.05, 3.63) is 59.7 Å². The number of benzene rings is 2. The first-order valence-corrected chi connectivity index (χ1v) is 10.4. The number of amides is 1. The highest BCUT2D eigenvalue weighted by molar-refractivity contribution is 7.89. The molecule has 2 aromatic rings. The normalized spacial score (nSPS) is 14.6. The van der Waals surface area contributed by atoms with E-state index in [-0.39, 0.29) is 10.5 Å². The largest absolute Gasteiger partial charge is 0.452 e. The first-order chi connectivity index (χ1) is 13.4. The molecule has 0 unspecified atom stereocenters. The molecule has 1 fully saturated rings. The highest BCUT2D eigenvalue weighted by atomic mass is 32.2. The van der Waals surface area contributed by atoms with Crippen LogP contribution in [0.5, 0.6) is 0 Å². The summed E-state index contributed by atoms with van der Waals surface area (Å²) in [5, 5.41) is 2.67. The second kappa shape index (κ2) is 8.53. The smallest absolute Gasteiger partial charge is 0.338 e. The summed E-state index contributed by atoms with van der Waals surface area (Å²) in [7, 11) is -3.63. The molecule has 8 heteroatoms. The first-order valence-electron chi connectivity index (χ1n) is 9.01. The van der Waals surface area contributed by atoms with Gasteiger partial charge >= 0.3 is 5.97 Å². The Morgan fingerprint density at radius 3 is 2.50 bits per heavy atom. The van der Waals surface area contributed by atoms with Gasteiger partial charge in [-0.2, -0.15) is 4.31 Å². The lowest BCUT2D eigenvalue weighted by Gasteiger charge is -2.15. The zero-order chi connectivity index (χ0) is 20.1. The predicted molar refractivity (Wildman–Crippen MR) is 105 cm³/mol. The molecule has 28 heavy (non-hydrogen) atoms. The first kappa shape index (κ1) is 20.0. The van der Waals surface area contributed by atoms with Crippen LogP contribution in [0.3, 0.4) is 0 Å². The lowest BCUT2D eigenvalue weighted by Crippen LogP contribution is -2.28. The summed E-state index contributed by atoms with van der Waals surface area (Å²) in [5.41, 5.74) is 1.62. The molecule has 0 spiro atoms. The second-order valence-electron chi connectivity index (χ2n) is 6.58. The number of hydrogen-bond acceptors (Lipinski definition) is 5. The van der Waals surface area contributed by atoms with Gasteiger partial charge in [0.25, 0.3) is 5.91 Å². The summed E-state index contributed by atoms with van der Waals surface area (Å²) >= 11 is 0. The van der Waals surface area contributed by atoms with Gasteiger partial charge < -0.3 is 10.1 Å². The predicted octanol–water partition coefficient (Wildman–Crippen LogP) is 2.58. The van der Waals surface area contributed by atoms with Crippen molar-refractivity contribution in [2.75, 3.05) is 25.0 Å². The molecule has 3 rings (SSSR count). The average molecular weight is 402 g/mol. The van der Waals surface area contributed by atoms with Crippen molar-refractivity contribution in [3.63, 3.8) is 0 Å². The van der Waals surface area contributed by atoms with E-state index in [0.29, 0.717) is 18.8 Å². The fraction of sp³-hybridized carbons (Fsp3) is 0.300. The van der Waals surface area contributed by atoms with E-state index in [1.807, 2.05) is 19.1 Å². The maximum atomic E-state index is 12.6. The van der Waals surface area contributed by atoms with Gasteiger partial charge in [0.05, 0.1) is 10.5 Å². The zero-order valence-electron chi connectivity index (χ0n) is 15.6. The highest BCUT2D eigenvalue weighted by Gasteiger charge is 2.27. The number of hydrogen-bond donors (Lipinski definition) is 1. The Labute approximate surface area is 164 Å². The van der Waals surface area contributed by atoms with Gasteiger partial charge in [0.15, 0.2) is 6.61 Å². The SMILES string of the molecule is Cc1ccccc1NC(=O)COC(=O)c1cccc(S(=O)(=O)N2CCCC2)c1. The molecule has 1 aliphatic rings. The van der Waals surface area contributed by atoms with Gasteiger partial charge in [0, 0.05) is 18.8 Å². The standard InChI is InChI=1S/C20H22N2O5S/c1-15-7-2-3-10-18(15)21-19(23)14-27-20(24)16-8-6-9-17(13-16)28(25,26)22-11-4-5-12-22/h2-3,6-10,13H,4-5,11-12,14H2,1H3,(H,21,23). The summed E-state index contributed by atoms with van der Waals surface area (Å²) in [4.78, 5) is 24.3. The Kier molecular flexibility index (Phi) is 6.11. The molecule has 0 saturated carbocycles. The Balaban J connectivity index is 1.63. The van der Waals surface area contributed by atoms with E-state index >= 15 is 0 Å². The van der Waals surface area contributed by atoms with Crippen LogP contribution in [0.4, 0.5) is 5.69 Å². The van der Waals surface area contributed by atoms with Crippen molar-refractivity contribution in [1.29, 1.82) is 0 Å². The van der Waals surface area contributed by atoms with E-state index in [1.165, 1.54) is 28.6 Å². The molecule has 1 heterocycles. The van der Waals surface area contributed by atoms with Crippen molar-refractivity contribution in [1.82, 2.24) is 4.31 Å². The minimum absolute atomic E-state index is 0.0493. The molecule has 1 aliphatic heterocycles. The van der Waals surface area contributed by atoms with E-state index in [1.54, 1.807) is 12.1 Å². The Bertz CT molecular complexity index is 982. The number of nitrogens with zero attached hydrogens (tertiary/aromatic N) is 1. The van der Waals surface area contributed by atoms with Crippen LogP contribution in [0.25, 0.3) is 0 Å². The number of nitrogens with one attached hydrogen (secondary N) is 1. The van der Waals surface area contributed by atoms with Crippen LogP contribution < -0.4 is 5.32 Å². The van der Waals surface area contributed by atoms with Crippen molar-refractivity contribution in [2.45, 2.75) is 24.7 Å². The molecule has 2 aromatic carbocycles. The van der Waals surface area contributed by atoms with Crippen LogP contribution >= 0.6 is 0 Å². The van der Waals surface area contributed by atoms with Gasteiger partial charge in [-0.3, -0.25) is 4.79 Å². The van der Waals surface area contributed by atoms with E-state index in [4.69, 9.17) is 4.74 Å². The van der Waals surface area contributed by atoms with Crippen LogP contribution in [-0.2, 0) is 19.6 Å². The fourth-order valence-electron chi connectivity index (χ4n) is 2.97. The van der Waals surface area contributed by atoms with E-state index < -0.39 is 28.5 Å². The summed E-state index contributed by atoms with van der Waals surface area (Å²) in [6.07, 6.45) is 1.66. The quantitative estimate of drug-likeness (QED) is 0.750. The van der Waals surface area contributed by atoms with Gasteiger partial charge in [0.1, 0.15) is 0 Å². The van der Waals surface area contributed by atoms with E-state index in [2.05, 4.69) is 5.32 Å². The van der Waals surface area contributed by atoms with Gasteiger partial charge in [-0.15, -0.1) is 0 Å². The summed E-state index contributed by atoms with van der Waals surface area (Å²) in [5.74, 6) is -1.22. The third kappa shape index (κ3) is 4.58. The lowest BCUT2D eigenvalue weighted by atomic mass is 10.2.